The third-order valence-corrected chi connectivity index (χ3v) is 3.23. The molecule has 0 aromatic heterocycles. The molecule has 0 spiro atoms. The highest BCUT2D eigenvalue weighted by molar-refractivity contribution is 14.1. The Balaban J connectivity index is 2.04. The van der Waals surface area contributed by atoms with Crippen LogP contribution < -0.4 is 5.32 Å². The van der Waals surface area contributed by atoms with Gasteiger partial charge in [-0.1, -0.05) is 12.1 Å². The molecule has 0 heterocycles. The first kappa shape index (κ1) is 12.9. The molecule has 0 saturated heterocycles. The Morgan fingerprint density at radius 2 is 1.89 bits per heavy atom. The Labute approximate surface area is 119 Å². The minimum Gasteiger partial charge on any atom is -0.478 e. The van der Waals surface area contributed by atoms with Gasteiger partial charge in [0.15, 0.2) is 0 Å². The van der Waals surface area contributed by atoms with Crippen molar-refractivity contribution in [3.8, 4) is 0 Å². The molecule has 0 fully saturated rings. The number of nitrogens with one attached hydrogen (secondary N) is 1. The van der Waals surface area contributed by atoms with Crippen molar-refractivity contribution >= 4 is 34.2 Å². The molecule has 0 aliphatic rings. The summed E-state index contributed by atoms with van der Waals surface area (Å²) in [5.41, 5.74) is 2.29. The van der Waals surface area contributed by atoms with E-state index in [0.717, 1.165) is 11.3 Å². The van der Waals surface area contributed by atoms with E-state index in [1.54, 1.807) is 18.2 Å². The van der Waals surface area contributed by atoms with Crippen molar-refractivity contribution in [3.05, 3.63) is 63.2 Å². The second-order valence-corrected chi connectivity index (χ2v) is 5.11. The zero-order chi connectivity index (χ0) is 13.0. The topological polar surface area (TPSA) is 49.3 Å². The summed E-state index contributed by atoms with van der Waals surface area (Å²) in [6.07, 6.45) is 0. The van der Waals surface area contributed by atoms with E-state index in [1.165, 1.54) is 3.57 Å². The van der Waals surface area contributed by atoms with Gasteiger partial charge in [-0.2, -0.15) is 0 Å². The van der Waals surface area contributed by atoms with E-state index in [2.05, 4.69) is 27.9 Å². The average molecular weight is 353 g/mol. The predicted molar refractivity (Wildman–Crippen MR) is 79.9 cm³/mol. The van der Waals surface area contributed by atoms with Crippen LogP contribution in [0.2, 0.25) is 0 Å². The minimum atomic E-state index is -0.897. The van der Waals surface area contributed by atoms with E-state index in [0.29, 0.717) is 12.1 Å². The molecule has 4 heteroatoms. The van der Waals surface area contributed by atoms with Crippen LogP contribution in [0, 0.1) is 3.57 Å². The molecule has 0 aliphatic heterocycles. The maximum absolute atomic E-state index is 10.8. The Hall–Kier alpha value is -1.56. The first-order valence-corrected chi connectivity index (χ1v) is 6.55. The van der Waals surface area contributed by atoms with E-state index >= 15 is 0 Å². The van der Waals surface area contributed by atoms with Gasteiger partial charge in [0.05, 0.1) is 5.56 Å². The molecular weight excluding hydrogens is 341 g/mol. The predicted octanol–water partition coefficient (Wildman–Crippen LogP) is 3.60. The quantitative estimate of drug-likeness (QED) is 0.826. The second-order valence-electron chi connectivity index (χ2n) is 3.87. The van der Waals surface area contributed by atoms with Crippen molar-refractivity contribution < 1.29 is 9.90 Å². The van der Waals surface area contributed by atoms with Gasteiger partial charge in [0.25, 0.3) is 0 Å². The van der Waals surface area contributed by atoms with Crippen LogP contribution in [0.3, 0.4) is 0 Å². The van der Waals surface area contributed by atoms with Crippen LogP contribution in [-0.2, 0) is 6.54 Å². The fourth-order valence-corrected chi connectivity index (χ4v) is 1.95. The number of benzene rings is 2. The van der Waals surface area contributed by atoms with Crippen molar-refractivity contribution in [1.82, 2.24) is 0 Å². The molecule has 0 unspecified atom stereocenters. The van der Waals surface area contributed by atoms with Crippen molar-refractivity contribution in [1.29, 1.82) is 0 Å². The first-order valence-electron chi connectivity index (χ1n) is 5.47. The van der Waals surface area contributed by atoms with Gasteiger partial charge in [-0.25, -0.2) is 4.79 Å². The molecule has 3 nitrogen and oxygen atoms in total. The van der Waals surface area contributed by atoms with Crippen LogP contribution in [-0.4, -0.2) is 11.1 Å². The zero-order valence-corrected chi connectivity index (χ0v) is 11.7. The van der Waals surface area contributed by atoms with Gasteiger partial charge < -0.3 is 10.4 Å². The molecule has 0 saturated carbocycles. The van der Waals surface area contributed by atoms with Crippen LogP contribution in [0.15, 0.2) is 48.5 Å². The van der Waals surface area contributed by atoms with Crippen LogP contribution in [0.1, 0.15) is 15.9 Å². The number of carboxylic acid groups (broad SMARTS) is 1. The summed E-state index contributed by atoms with van der Waals surface area (Å²) in [5, 5.41) is 12.2. The lowest BCUT2D eigenvalue weighted by molar-refractivity contribution is 0.0697. The highest BCUT2D eigenvalue weighted by Crippen LogP contribution is 2.13. The molecule has 18 heavy (non-hydrogen) atoms. The van der Waals surface area contributed by atoms with Crippen molar-refractivity contribution in [2.45, 2.75) is 6.54 Å². The Kier molecular flexibility index (Phi) is 4.19. The molecule has 2 N–H and O–H groups in total. The molecule has 2 aromatic rings. The maximum atomic E-state index is 10.8. The standard InChI is InChI=1S/C14H12INO2/c15-12-4-6-13(7-5-12)16-9-10-2-1-3-11(8-10)14(17)18/h1-8,16H,9H2,(H,17,18). The molecule has 92 valence electrons. The minimum absolute atomic E-state index is 0.317. The van der Waals surface area contributed by atoms with Crippen molar-refractivity contribution in [3.63, 3.8) is 0 Å². The van der Waals surface area contributed by atoms with Gasteiger partial charge in [-0.15, -0.1) is 0 Å². The van der Waals surface area contributed by atoms with E-state index in [9.17, 15) is 4.79 Å². The maximum Gasteiger partial charge on any atom is 0.335 e. The highest BCUT2D eigenvalue weighted by atomic mass is 127. The third kappa shape index (κ3) is 3.46. The molecule has 0 atom stereocenters. The molecular formula is C14H12INO2. The fourth-order valence-electron chi connectivity index (χ4n) is 1.59. The largest absolute Gasteiger partial charge is 0.478 e. The lowest BCUT2D eigenvalue weighted by atomic mass is 10.1. The van der Waals surface area contributed by atoms with Gasteiger partial charge in [0, 0.05) is 15.8 Å². The smallest absolute Gasteiger partial charge is 0.335 e. The summed E-state index contributed by atoms with van der Waals surface area (Å²) >= 11 is 2.25. The van der Waals surface area contributed by atoms with Gasteiger partial charge in [0.2, 0.25) is 0 Å². The zero-order valence-electron chi connectivity index (χ0n) is 9.56. The first-order chi connectivity index (χ1) is 8.65. The molecule has 0 bridgehead atoms. The molecule has 0 aliphatic carbocycles. The van der Waals surface area contributed by atoms with Crippen molar-refractivity contribution in [2.75, 3.05) is 5.32 Å². The SMILES string of the molecule is O=C(O)c1cccc(CNc2ccc(I)cc2)c1. The van der Waals surface area contributed by atoms with Crippen LogP contribution in [0.4, 0.5) is 5.69 Å². The van der Waals surface area contributed by atoms with Crippen LogP contribution in [0.5, 0.6) is 0 Å². The third-order valence-electron chi connectivity index (χ3n) is 2.51. The van der Waals surface area contributed by atoms with Gasteiger partial charge in [0.1, 0.15) is 0 Å². The summed E-state index contributed by atoms with van der Waals surface area (Å²) in [4.78, 5) is 10.8. The molecule has 2 rings (SSSR count). The number of carboxylic acids is 1. The lowest BCUT2D eigenvalue weighted by Crippen LogP contribution is -2.02. The molecule has 2 aromatic carbocycles. The number of hydrogen-bond acceptors (Lipinski definition) is 2. The van der Waals surface area contributed by atoms with Crippen molar-refractivity contribution in [2.24, 2.45) is 0 Å². The summed E-state index contributed by atoms with van der Waals surface area (Å²) in [5.74, 6) is -0.897. The number of anilines is 1. The van der Waals surface area contributed by atoms with E-state index in [-0.39, 0.29) is 0 Å². The Morgan fingerprint density at radius 1 is 1.17 bits per heavy atom. The normalized spacial score (nSPS) is 10.1. The summed E-state index contributed by atoms with van der Waals surface area (Å²) in [7, 11) is 0. The van der Waals surface area contributed by atoms with E-state index < -0.39 is 5.97 Å². The molecule has 0 amide bonds. The second kappa shape index (κ2) is 5.86. The monoisotopic (exact) mass is 353 g/mol. The van der Waals surface area contributed by atoms with E-state index in [4.69, 9.17) is 5.11 Å². The number of aromatic carboxylic acids is 1. The number of hydrogen-bond donors (Lipinski definition) is 2. The summed E-state index contributed by atoms with van der Waals surface area (Å²) in [6.45, 7) is 0.613. The number of halogens is 1. The fraction of sp³-hybridized carbons (Fsp3) is 0.0714. The van der Waals surface area contributed by atoms with Crippen LogP contribution in [0.25, 0.3) is 0 Å². The number of rotatable bonds is 4. The van der Waals surface area contributed by atoms with Gasteiger partial charge >= 0.3 is 5.97 Å². The van der Waals surface area contributed by atoms with Gasteiger partial charge in [-0.3, -0.25) is 0 Å². The average Bonchev–Trinajstić information content (AvgIpc) is 2.38. The number of carbonyl (C=O) groups is 1. The Morgan fingerprint density at radius 3 is 2.56 bits per heavy atom. The highest BCUT2D eigenvalue weighted by Gasteiger charge is 2.02. The Bertz CT molecular complexity index is 552. The lowest BCUT2D eigenvalue weighted by Gasteiger charge is -2.07. The van der Waals surface area contributed by atoms with Crippen LogP contribution >= 0.6 is 22.6 Å². The molecule has 0 radical (unpaired) electrons. The van der Waals surface area contributed by atoms with Gasteiger partial charge in [-0.05, 0) is 64.6 Å². The summed E-state index contributed by atoms with van der Waals surface area (Å²) < 4.78 is 1.19. The summed E-state index contributed by atoms with van der Waals surface area (Å²) in [6, 6.07) is 15.0. The van der Waals surface area contributed by atoms with E-state index in [1.807, 2.05) is 30.3 Å².